The van der Waals surface area contributed by atoms with Crippen LogP contribution in [0.4, 0.5) is 0 Å². The Bertz CT molecular complexity index is 511. The number of carbonyl (C=O) groups excluding carboxylic acids is 2. The van der Waals surface area contributed by atoms with Crippen molar-refractivity contribution in [2.75, 3.05) is 11.9 Å². The largest absolute Gasteiger partial charge is 0.493 e. The van der Waals surface area contributed by atoms with Gasteiger partial charge in [-0.25, -0.2) is 0 Å². The Morgan fingerprint density at radius 1 is 1.24 bits per heavy atom. The van der Waals surface area contributed by atoms with Crippen molar-refractivity contribution in [3.05, 3.63) is 23.3 Å². The monoisotopic (exact) mass is 356 g/mol. The fraction of sp³-hybridized carbons (Fsp3) is 0.500. The van der Waals surface area contributed by atoms with E-state index >= 15 is 0 Å². The molecule has 0 saturated carbocycles. The minimum absolute atomic E-state index is 0.129. The normalized spacial score (nSPS) is 10.3. The molecule has 0 unspecified atom stereocenters. The van der Waals surface area contributed by atoms with Gasteiger partial charge in [0.15, 0.2) is 5.78 Å². The Hall–Kier alpha value is -1.36. The Morgan fingerprint density at radius 3 is 2.48 bits per heavy atom. The van der Waals surface area contributed by atoms with Gasteiger partial charge in [0, 0.05) is 17.8 Å². The van der Waals surface area contributed by atoms with E-state index in [1.54, 1.807) is 12.1 Å². The van der Waals surface area contributed by atoms with E-state index < -0.39 is 5.97 Å². The summed E-state index contributed by atoms with van der Waals surface area (Å²) in [6.45, 7) is 5.39. The molecule has 0 saturated heterocycles. The standard InChI is InChI=1S/C16H21BrO4/c1-4-6-14-15(20-10-5-9-17)8-7-13(11(2)18)16(14)21-12(3)19/h7-8H,4-6,9-10H2,1-3H3. The number of Topliss-reactive ketones (excluding diaryl/α,β-unsaturated/α-hetero) is 1. The highest BCUT2D eigenvalue weighted by Crippen LogP contribution is 2.34. The number of ketones is 1. The second kappa shape index (κ2) is 8.82. The Kier molecular flexibility index (Phi) is 7.43. The average molecular weight is 357 g/mol. The zero-order chi connectivity index (χ0) is 15.8. The molecule has 116 valence electrons. The summed E-state index contributed by atoms with van der Waals surface area (Å²) >= 11 is 3.36. The Morgan fingerprint density at radius 2 is 1.95 bits per heavy atom. The first kappa shape index (κ1) is 17.7. The lowest BCUT2D eigenvalue weighted by atomic mass is 10.0. The molecule has 1 aromatic rings. The van der Waals surface area contributed by atoms with E-state index in [1.807, 2.05) is 6.92 Å². The molecule has 1 rings (SSSR count). The van der Waals surface area contributed by atoms with Gasteiger partial charge in [-0.2, -0.15) is 0 Å². The highest BCUT2D eigenvalue weighted by molar-refractivity contribution is 9.09. The van der Waals surface area contributed by atoms with Crippen LogP contribution in [0.25, 0.3) is 0 Å². The fourth-order valence-electron chi connectivity index (χ4n) is 2.01. The minimum atomic E-state index is -0.438. The van der Waals surface area contributed by atoms with Crippen molar-refractivity contribution in [3.63, 3.8) is 0 Å². The summed E-state index contributed by atoms with van der Waals surface area (Å²) in [4.78, 5) is 23.1. The van der Waals surface area contributed by atoms with Gasteiger partial charge in [0.05, 0.1) is 12.2 Å². The van der Waals surface area contributed by atoms with Crippen molar-refractivity contribution in [2.24, 2.45) is 0 Å². The molecule has 5 heteroatoms. The molecule has 0 atom stereocenters. The summed E-state index contributed by atoms with van der Waals surface area (Å²) in [5.74, 6) is 0.454. The van der Waals surface area contributed by atoms with Gasteiger partial charge in [-0.3, -0.25) is 9.59 Å². The summed E-state index contributed by atoms with van der Waals surface area (Å²) in [5.41, 5.74) is 1.21. The highest BCUT2D eigenvalue weighted by atomic mass is 79.9. The van der Waals surface area contributed by atoms with E-state index in [9.17, 15) is 9.59 Å². The molecule has 0 aromatic heterocycles. The summed E-state index contributed by atoms with van der Waals surface area (Å²) < 4.78 is 11.0. The van der Waals surface area contributed by atoms with Gasteiger partial charge in [0.25, 0.3) is 0 Å². The molecule has 0 N–H and O–H groups in total. The molecule has 0 fully saturated rings. The lowest BCUT2D eigenvalue weighted by molar-refractivity contribution is -0.131. The quantitative estimate of drug-likeness (QED) is 0.233. The SMILES string of the molecule is CCCc1c(OCCCBr)ccc(C(C)=O)c1OC(C)=O. The van der Waals surface area contributed by atoms with Gasteiger partial charge in [0.1, 0.15) is 11.5 Å². The van der Waals surface area contributed by atoms with Crippen LogP contribution in [0.3, 0.4) is 0 Å². The lowest BCUT2D eigenvalue weighted by Gasteiger charge is -2.17. The number of esters is 1. The van der Waals surface area contributed by atoms with Crippen LogP contribution in [0.1, 0.15) is 49.5 Å². The van der Waals surface area contributed by atoms with Gasteiger partial charge in [-0.05, 0) is 31.9 Å². The number of benzene rings is 1. The first-order chi connectivity index (χ1) is 10.0. The van der Waals surface area contributed by atoms with Crippen molar-refractivity contribution < 1.29 is 19.1 Å². The summed E-state index contributed by atoms with van der Waals surface area (Å²) in [6, 6.07) is 3.44. The van der Waals surface area contributed by atoms with E-state index in [0.717, 1.165) is 23.7 Å². The van der Waals surface area contributed by atoms with E-state index in [0.29, 0.717) is 30.1 Å². The second-order valence-corrected chi connectivity index (χ2v) is 5.50. The first-order valence-electron chi connectivity index (χ1n) is 7.05. The molecule has 21 heavy (non-hydrogen) atoms. The maximum absolute atomic E-state index is 11.7. The molecule has 0 spiro atoms. The van der Waals surface area contributed by atoms with Crippen LogP contribution in [0.15, 0.2) is 12.1 Å². The van der Waals surface area contributed by atoms with Gasteiger partial charge in [-0.1, -0.05) is 29.3 Å². The molecule has 1 aromatic carbocycles. The predicted octanol–water partition coefficient (Wildman–Crippen LogP) is 3.93. The van der Waals surface area contributed by atoms with Gasteiger partial charge < -0.3 is 9.47 Å². The number of halogens is 1. The number of alkyl halides is 1. The smallest absolute Gasteiger partial charge is 0.308 e. The maximum atomic E-state index is 11.7. The summed E-state index contributed by atoms with van der Waals surface area (Å²) in [6.07, 6.45) is 2.43. The summed E-state index contributed by atoms with van der Waals surface area (Å²) in [5, 5.41) is 0.860. The molecule has 0 aliphatic carbocycles. The molecule has 0 amide bonds. The zero-order valence-electron chi connectivity index (χ0n) is 12.7. The van der Waals surface area contributed by atoms with Crippen LogP contribution in [0.2, 0.25) is 0 Å². The second-order valence-electron chi connectivity index (χ2n) is 4.71. The van der Waals surface area contributed by atoms with E-state index in [2.05, 4.69) is 15.9 Å². The average Bonchev–Trinajstić information content (AvgIpc) is 2.41. The van der Waals surface area contributed by atoms with Gasteiger partial charge in [0.2, 0.25) is 0 Å². The van der Waals surface area contributed by atoms with E-state index in [1.165, 1.54) is 13.8 Å². The van der Waals surface area contributed by atoms with Gasteiger partial charge >= 0.3 is 5.97 Å². The molecule has 0 aliphatic rings. The van der Waals surface area contributed by atoms with Crippen molar-refractivity contribution >= 4 is 27.7 Å². The van der Waals surface area contributed by atoms with Crippen LogP contribution in [0, 0.1) is 0 Å². The first-order valence-corrected chi connectivity index (χ1v) is 8.17. The van der Waals surface area contributed by atoms with Crippen LogP contribution in [-0.4, -0.2) is 23.7 Å². The van der Waals surface area contributed by atoms with Crippen LogP contribution < -0.4 is 9.47 Å². The third kappa shape index (κ3) is 5.16. The minimum Gasteiger partial charge on any atom is -0.493 e. The third-order valence-electron chi connectivity index (χ3n) is 2.88. The molecule has 4 nitrogen and oxygen atoms in total. The highest BCUT2D eigenvalue weighted by Gasteiger charge is 2.19. The van der Waals surface area contributed by atoms with E-state index in [4.69, 9.17) is 9.47 Å². The Balaban J connectivity index is 3.25. The van der Waals surface area contributed by atoms with Crippen molar-refractivity contribution in [3.8, 4) is 11.5 Å². The third-order valence-corrected chi connectivity index (χ3v) is 3.44. The van der Waals surface area contributed by atoms with Crippen LogP contribution in [0.5, 0.6) is 11.5 Å². The topological polar surface area (TPSA) is 52.6 Å². The molecule has 0 heterocycles. The molecular weight excluding hydrogens is 336 g/mol. The number of hydrogen-bond acceptors (Lipinski definition) is 4. The number of rotatable bonds is 8. The molecule has 0 bridgehead atoms. The number of ether oxygens (including phenoxy) is 2. The molecular formula is C16H21BrO4. The van der Waals surface area contributed by atoms with Gasteiger partial charge in [-0.15, -0.1) is 0 Å². The van der Waals surface area contributed by atoms with Crippen molar-refractivity contribution in [1.82, 2.24) is 0 Å². The van der Waals surface area contributed by atoms with Crippen LogP contribution >= 0.6 is 15.9 Å². The van der Waals surface area contributed by atoms with Crippen LogP contribution in [-0.2, 0) is 11.2 Å². The molecule has 0 aliphatic heterocycles. The fourth-order valence-corrected chi connectivity index (χ4v) is 2.23. The zero-order valence-corrected chi connectivity index (χ0v) is 14.3. The summed E-state index contributed by atoms with van der Waals surface area (Å²) in [7, 11) is 0. The molecule has 0 radical (unpaired) electrons. The maximum Gasteiger partial charge on any atom is 0.308 e. The van der Waals surface area contributed by atoms with Crippen molar-refractivity contribution in [2.45, 2.75) is 40.0 Å². The predicted molar refractivity (Wildman–Crippen MR) is 85.7 cm³/mol. The van der Waals surface area contributed by atoms with Crippen molar-refractivity contribution in [1.29, 1.82) is 0 Å². The lowest BCUT2D eigenvalue weighted by Crippen LogP contribution is -2.11. The number of hydrogen-bond donors (Lipinski definition) is 0. The Labute approximate surface area is 133 Å². The van der Waals surface area contributed by atoms with E-state index in [-0.39, 0.29) is 5.78 Å². The number of carbonyl (C=O) groups is 2.